The molecule has 0 aliphatic carbocycles. The van der Waals surface area contributed by atoms with Crippen LogP contribution < -0.4 is 16.3 Å². The number of para-hydroxylation sites is 1. The van der Waals surface area contributed by atoms with Crippen LogP contribution in [0, 0.1) is 6.92 Å². The van der Waals surface area contributed by atoms with Crippen molar-refractivity contribution in [3.63, 3.8) is 0 Å². The first-order chi connectivity index (χ1) is 13.6. The van der Waals surface area contributed by atoms with E-state index < -0.39 is 11.5 Å². The van der Waals surface area contributed by atoms with Gasteiger partial charge in [-0.05, 0) is 56.6 Å². The largest absolute Gasteiger partial charge is 0.427 e. The van der Waals surface area contributed by atoms with Crippen molar-refractivity contribution in [2.24, 2.45) is 0 Å². The van der Waals surface area contributed by atoms with Gasteiger partial charge in [0.1, 0.15) is 16.8 Å². The first-order valence-corrected chi connectivity index (χ1v) is 9.55. The van der Waals surface area contributed by atoms with Gasteiger partial charge in [-0.3, -0.25) is 4.79 Å². The molecule has 2 N–H and O–H groups in total. The summed E-state index contributed by atoms with van der Waals surface area (Å²) in [6.07, 6.45) is 1.86. The average molecular weight is 381 g/mol. The SMILES string of the molecule is Cc1cc(C2CCNCC2)oc(=O)c1C(=O)NCCn1nnc2ccccc21. The van der Waals surface area contributed by atoms with Gasteiger partial charge >= 0.3 is 5.63 Å². The maximum Gasteiger partial charge on any atom is 0.349 e. The third-order valence-corrected chi connectivity index (χ3v) is 5.17. The molecule has 2 aromatic heterocycles. The van der Waals surface area contributed by atoms with Crippen LogP contribution in [0.25, 0.3) is 11.0 Å². The van der Waals surface area contributed by atoms with E-state index >= 15 is 0 Å². The number of hydrogen-bond acceptors (Lipinski definition) is 6. The summed E-state index contributed by atoms with van der Waals surface area (Å²) >= 11 is 0. The lowest BCUT2D eigenvalue weighted by Crippen LogP contribution is -2.32. The minimum atomic E-state index is -0.572. The summed E-state index contributed by atoms with van der Waals surface area (Å²) in [5.74, 6) is 0.479. The van der Waals surface area contributed by atoms with E-state index in [1.807, 2.05) is 30.3 Å². The van der Waals surface area contributed by atoms with E-state index in [4.69, 9.17) is 4.42 Å². The third kappa shape index (κ3) is 3.68. The summed E-state index contributed by atoms with van der Waals surface area (Å²) < 4.78 is 7.22. The summed E-state index contributed by atoms with van der Waals surface area (Å²) in [7, 11) is 0. The number of nitrogens with one attached hydrogen (secondary N) is 2. The summed E-state index contributed by atoms with van der Waals surface area (Å²) in [5.41, 5.74) is 1.85. The molecule has 1 fully saturated rings. The first kappa shape index (κ1) is 18.4. The summed E-state index contributed by atoms with van der Waals surface area (Å²) in [4.78, 5) is 25.0. The number of aryl methyl sites for hydroxylation is 1. The van der Waals surface area contributed by atoms with Gasteiger partial charge in [0.25, 0.3) is 5.91 Å². The van der Waals surface area contributed by atoms with E-state index in [0.717, 1.165) is 37.0 Å². The van der Waals surface area contributed by atoms with Crippen LogP contribution in [0.5, 0.6) is 0 Å². The molecule has 8 nitrogen and oxygen atoms in total. The molecule has 0 bridgehead atoms. The van der Waals surface area contributed by atoms with E-state index in [1.54, 1.807) is 11.6 Å². The van der Waals surface area contributed by atoms with Gasteiger partial charge in [0, 0.05) is 12.5 Å². The van der Waals surface area contributed by atoms with Gasteiger partial charge in [-0.2, -0.15) is 0 Å². The minimum absolute atomic E-state index is 0.0705. The normalized spacial score (nSPS) is 15.0. The summed E-state index contributed by atoms with van der Waals surface area (Å²) in [5, 5.41) is 14.3. The monoisotopic (exact) mass is 381 g/mol. The second-order valence-corrected chi connectivity index (χ2v) is 7.08. The Morgan fingerprint density at radius 3 is 2.89 bits per heavy atom. The van der Waals surface area contributed by atoms with Crippen LogP contribution in [-0.2, 0) is 6.54 Å². The maximum absolute atomic E-state index is 12.5. The Hall–Kier alpha value is -3.00. The van der Waals surface area contributed by atoms with E-state index in [-0.39, 0.29) is 11.5 Å². The molecular weight excluding hydrogens is 358 g/mol. The van der Waals surface area contributed by atoms with Gasteiger partial charge in [-0.15, -0.1) is 5.10 Å². The van der Waals surface area contributed by atoms with Gasteiger partial charge in [0.05, 0.1) is 12.1 Å². The Morgan fingerprint density at radius 1 is 1.32 bits per heavy atom. The quantitative estimate of drug-likeness (QED) is 0.696. The molecule has 0 spiro atoms. The van der Waals surface area contributed by atoms with Gasteiger partial charge in [0.15, 0.2) is 0 Å². The molecule has 1 amide bonds. The Bertz CT molecular complexity index is 1050. The molecule has 1 saturated heterocycles. The molecule has 0 atom stereocenters. The highest BCUT2D eigenvalue weighted by molar-refractivity contribution is 5.95. The van der Waals surface area contributed by atoms with Gasteiger partial charge in [-0.1, -0.05) is 17.3 Å². The Morgan fingerprint density at radius 2 is 2.11 bits per heavy atom. The van der Waals surface area contributed by atoms with Crippen LogP contribution in [0.2, 0.25) is 0 Å². The summed E-state index contributed by atoms with van der Waals surface area (Å²) in [6.45, 7) is 4.39. The standard InChI is InChI=1S/C20H23N5O3/c1-13-12-17(14-6-8-21-9-7-14)28-20(27)18(13)19(26)22-10-11-25-16-5-3-2-4-15(16)23-24-25/h2-5,12,14,21H,6-11H2,1H3,(H,22,26). The highest BCUT2D eigenvalue weighted by Crippen LogP contribution is 2.25. The number of amides is 1. The number of fused-ring (bicyclic) bond motifs is 1. The van der Waals surface area contributed by atoms with Crippen molar-refractivity contribution in [3.8, 4) is 0 Å². The number of benzene rings is 1. The van der Waals surface area contributed by atoms with Crippen LogP contribution in [0.15, 0.2) is 39.5 Å². The molecule has 1 aliphatic heterocycles. The van der Waals surface area contributed by atoms with Crippen molar-refractivity contribution in [1.29, 1.82) is 0 Å². The molecule has 28 heavy (non-hydrogen) atoms. The minimum Gasteiger partial charge on any atom is -0.427 e. The van der Waals surface area contributed by atoms with E-state index in [2.05, 4.69) is 20.9 Å². The molecule has 3 aromatic rings. The number of rotatable bonds is 5. The summed E-state index contributed by atoms with van der Waals surface area (Å²) in [6, 6.07) is 9.46. The fraction of sp³-hybridized carbons (Fsp3) is 0.400. The zero-order valence-electron chi connectivity index (χ0n) is 15.8. The highest BCUT2D eigenvalue weighted by atomic mass is 16.4. The highest BCUT2D eigenvalue weighted by Gasteiger charge is 2.22. The lowest BCUT2D eigenvalue weighted by atomic mass is 9.94. The molecule has 0 radical (unpaired) electrons. The van der Waals surface area contributed by atoms with Gasteiger partial charge in [-0.25, -0.2) is 9.48 Å². The molecule has 146 valence electrons. The molecule has 0 unspecified atom stereocenters. The van der Waals surface area contributed by atoms with E-state index in [1.165, 1.54) is 0 Å². The van der Waals surface area contributed by atoms with Gasteiger partial charge < -0.3 is 15.1 Å². The Balaban J connectivity index is 1.43. The van der Waals surface area contributed by atoms with Crippen LogP contribution in [0.4, 0.5) is 0 Å². The number of nitrogens with zero attached hydrogens (tertiary/aromatic N) is 3. The van der Waals surface area contributed by atoms with Crippen LogP contribution in [0.1, 0.15) is 40.4 Å². The molecule has 3 heterocycles. The fourth-order valence-electron chi connectivity index (χ4n) is 3.66. The van der Waals surface area contributed by atoms with Crippen LogP contribution >= 0.6 is 0 Å². The predicted molar refractivity (Wildman–Crippen MR) is 104 cm³/mol. The number of hydrogen-bond donors (Lipinski definition) is 2. The van der Waals surface area contributed by atoms with E-state index in [9.17, 15) is 9.59 Å². The molecule has 1 aliphatic rings. The zero-order chi connectivity index (χ0) is 19.5. The van der Waals surface area contributed by atoms with Crippen molar-refractivity contribution in [3.05, 3.63) is 57.6 Å². The Labute approximate surface area is 161 Å². The topological polar surface area (TPSA) is 102 Å². The average Bonchev–Trinajstić information content (AvgIpc) is 3.11. The zero-order valence-corrected chi connectivity index (χ0v) is 15.8. The molecule has 8 heteroatoms. The van der Waals surface area contributed by atoms with Crippen molar-refractivity contribution in [1.82, 2.24) is 25.6 Å². The fourth-order valence-corrected chi connectivity index (χ4v) is 3.66. The number of carbonyl (C=O) groups excluding carboxylic acids is 1. The van der Waals surface area contributed by atoms with Crippen molar-refractivity contribution in [2.75, 3.05) is 19.6 Å². The third-order valence-electron chi connectivity index (χ3n) is 5.17. The Kier molecular flexibility index (Phi) is 5.21. The maximum atomic E-state index is 12.5. The predicted octanol–water partition coefficient (Wildman–Crippen LogP) is 1.59. The van der Waals surface area contributed by atoms with Crippen molar-refractivity contribution < 1.29 is 9.21 Å². The van der Waals surface area contributed by atoms with Crippen LogP contribution in [0.3, 0.4) is 0 Å². The van der Waals surface area contributed by atoms with Crippen LogP contribution in [-0.4, -0.2) is 40.5 Å². The lowest BCUT2D eigenvalue weighted by molar-refractivity contribution is 0.0946. The number of carbonyl (C=O) groups is 1. The second-order valence-electron chi connectivity index (χ2n) is 7.08. The van der Waals surface area contributed by atoms with E-state index in [0.29, 0.717) is 24.4 Å². The lowest BCUT2D eigenvalue weighted by Gasteiger charge is -2.21. The second kappa shape index (κ2) is 7.93. The number of piperidine rings is 1. The van der Waals surface area contributed by atoms with Crippen molar-refractivity contribution in [2.45, 2.75) is 32.2 Å². The number of aromatic nitrogens is 3. The smallest absolute Gasteiger partial charge is 0.349 e. The van der Waals surface area contributed by atoms with Crippen molar-refractivity contribution >= 4 is 16.9 Å². The van der Waals surface area contributed by atoms with Gasteiger partial charge in [0.2, 0.25) is 0 Å². The molecular formula is C20H23N5O3. The molecule has 0 saturated carbocycles. The molecule has 1 aromatic carbocycles. The molecule has 4 rings (SSSR count). The first-order valence-electron chi connectivity index (χ1n) is 9.55.